The highest BCUT2D eigenvalue weighted by Gasteiger charge is 2.41. The summed E-state index contributed by atoms with van der Waals surface area (Å²) in [6.07, 6.45) is 5.59. The van der Waals surface area contributed by atoms with Crippen LogP contribution >= 0.6 is 0 Å². The van der Waals surface area contributed by atoms with Crippen LogP contribution in [0.5, 0.6) is 0 Å². The molecule has 0 heterocycles. The molecule has 2 saturated carbocycles. The van der Waals surface area contributed by atoms with E-state index in [1.807, 2.05) is 0 Å². The largest absolute Gasteiger partial charge is 0.311 e. The maximum absolute atomic E-state index is 2.46. The van der Waals surface area contributed by atoms with Crippen molar-refractivity contribution < 1.29 is 0 Å². The van der Waals surface area contributed by atoms with Crippen molar-refractivity contribution in [2.45, 2.75) is 31.6 Å². The molecule has 0 N–H and O–H groups in total. The van der Waals surface area contributed by atoms with Crippen LogP contribution in [0.3, 0.4) is 0 Å². The van der Waals surface area contributed by atoms with Crippen LogP contribution in [0.4, 0.5) is 17.1 Å². The molecule has 2 aliphatic carbocycles. The fourth-order valence-electron chi connectivity index (χ4n) is 9.50. The molecule has 2 bridgehead atoms. The molecule has 2 fully saturated rings. The number of nitrogens with zero attached hydrogens (tertiary/aromatic N) is 1. The number of benzene rings is 8. The molecule has 0 aromatic heterocycles. The Bertz CT molecular complexity index is 2530. The summed E-state index contributed by atoms with van der Waals surface area (Å²) in [7, 11) is 0. The van der Waals surface area contributed by atoms with Gasteiger partial charge in [-0.15, -0.1) is 0 Å². The fraction of sp³-hybridized carbons (Fsp3) is 0.132. The lowest BCUT2D eigenvalue weighted by Gasteiger charge is -2.27. The Morgan fingerprint density at radius 1 is 0.370 bits per heavy atom. The minimum atomic E-state index is 0.684. The van der Waals surface area contributed by atoms with Gasteiger partial charge in [-0.1, -0.05) is 158 Å². The molecule has 0 radical (unpaired) electrons. The first-order chi connectivity index (χ1) is 26.7. The van der Waals surface area contributed by atoms with Gasteiger partial charge in [0.15, 0.2) is 0 Å². The average Bonchev–Trinajstić information content (AvgIpc) is 3.90. The Morgan fingerprint density at radius 3 is 1.52 bits per heavy atom. The standard InChI is InChI=1S/C53H43N/c1-3-10-38(11-4-1)39-20-27-46(28-21-39)54(48-31-24-43(25-32-48)50-17-9-15-41-14-7-8-16-49(41)50)47-29-22-40(23-30-47)44-26-33-51(52-35-37-18-19-45(52)34-37)53(36-44)42-12-5-2-6-13-42/h1-17,20-33,36-37,45,52H,18-19,34-35H2. The van der Waals surface area contributed by atoms with Crippen molar-refractivity contribution in [3.05, 3.63) is 200 Å². The molecule has 0 saturated heterocycles. The summed E-state index contributed by atoms with van der Waals surface area (Å²) in [5.74, 6) is 2.45. The molecular weight excluding hydrogens is 651 g/mol. The zero-order chi connectivity index (χ0) is 35.8. The van der Waals surface area contributed by atoms with Gasteiger partial charge in [-0.3, -0.25) is 0 Å². The van der Waals surface area contributed by atoms with Crippen LogP contribution in [0.15, 0.2) is 194 Å². The molecule has 0 aliphatic heterocycles. The first-order valence-corrected chi connectivity index (χ1v) is 19.6. The topological polar surface area (TPSA) is 3.24 Å². The summed E-state index contributed by atoms with van der Waals surface area (Å²) in [4.78, 5) is 2.37. The van der Waals surface area contributed by atoms with Crippen molar-refractivity contribution in [3.63, 3.8) is 0 Å². The monoisotopic (exact) mass is 693 g/mol. The molecule has 54 heavy (non-hydrogen) atoms. The summed E-state index contributed by atoms with van der Waals surface area (Å²) in [6, 6.07) is 71.3. The first kappa shape index (κ1) is 32.5. The maximum Gasteiger partial charge on any atom is 0.0462 e. The van der Waals surface area contributed by atoms with Gasteiger partial charge in [0.1, 0.15) is 0 Å². The highest BCUT2D eigenvalue weighted by Crippen LogP contribution is 2.54. The minimum absolute atomic E-state index is 0.684. The molecular formula is C53H43N. The van der Waals surface area contributed by atoms with E-state index in [9.17, 15) is 0 Å². The summed E-state index contributed by atoms with van der Waals surface area (Å²) < 4.78 is 0. The van der Waals surface area contributed by atoms with E-state index in [1.54, 1.807) is 5.56 Å². The van der Waals surface area contributed by atoms with Gasteiger partial charge in [0.25, 0.3) is 0 Å². The highest BCUT2D eigenvalue weighted by molar-refractivity contribution is 5.97. The second-order valence-corrected chi connectivity index (χ2v) is 15.3. The van der Waals surface area contributed by atoms with Gasteiger partial charge in [0.2, 0.25) is 0 Å². The Labute approximate surface area is 319 Å². The molecule has 2 aliphatic rings. The predicted octanol–water partition coefficient (Wildman–Crippen LogP) is 14.9. The van der Waals surface area contributed by atoms with Crippen molar-refractivity contribution >= 4 is 27.8 Å². The Hall–Kier alpha value is -6.18. The van der Waals surface area contributed by atoms with Crippen LogP contribution in [-0.4, -0.2) is 0 Å². The minimum Gasteiger partial charge on any atom is -0.311 e. The third kappa shape index (κ3) is 6.10. The lowest BCUT2D eigenvalue weighted by atomic mass is 9.79. The van der Waals surface area contributed by atoms with Gasteiger partial charge in [0.05, 0.1) is 0 Å². The maximum atomic E-state index is 2.46. The van der Waals surface area contributed by atoms with Gasteiger partial charge < -0.3 is 4.90 Å². The molecule has 3 unspecified atom stereocenters. The van der Waals surface area contributed by atoms with Crippen molar-refractivity contribution in [1.29, 1.82) is 0 Å². The van der Waals surface area contributed by atoms with Crippen molar-refractivity contribution in [3.8, 4) is 44.5 Å². The number of hydrogen-bond donors (Lipinski definition) is 0. The Morgan fingerprint density at radius 2 is 0.889 bits per heavy atom. The van der Waals surface area contributed by atoms with Gasteiger partial charge in [-0.05, 0) is 140 Å². The third-order valence-electron chi connectivity index (χ3n) is 12.2. The molecule has 3 atom stereocenters. The molecule has 1 heteroatoms. The third-order valence-corrected chi connectivity index (χ3v) is 12.2. The fourth-order valence-corrected chi connectivity index (χ4v) is 9.50. The van der Waals surface area contributed by atoms with Gasteiger partial charge in [-0.25, -0.2) is 0 Å². The van der Waals surface area contributed by atoms with Crippen LogP contribution in [0.25, 0.3) is 55.3 Å². The van der Waals surface area contributed by atoms with E-state index in [0.717, 1.165) is 28.9 Å². The molecule has 0 amide bonds. The molecule has 0 spiro atoms. The zero-order valence-electron chi connectivity index (χ0n) is 30.5. The summed E-state index contributed by atoms with van der Waals surface area (Å²) in [6.45, 7) is 0. The van der Waals surface area contributed by atoms with E-state index in [-0.39, 0.29) is 0 Å². The quantitative estimate of drug-likeness (QED) is 0.153. The first-order valence-electron chi connectivity index (χ1n) is 19.6. The number of hydrogen-bond acceptors (Lipinski definition) is 1. The van der Waals surface area contributed by atoms with Crippen LogP contribution in [0.1, 0.15) is 37.2 Å². The predicted molar refractivity (Wildman–Crippen MR) is 229 cm³/mol. The molecule has 10 rings (SSSR count). The van der Waals surface area contributed by atoms with E-state index < -0.39 is 0 Å². The summed E-state index contributed by atoms with van der Waals surface area (Å²) >= 11 is 0. The second-order valence-electron chi connectivity index (χ2n) is 15.3. The highest BCUT2D eigenvalue weighted by atomic mass is 15.1. The second kappa shape index (κ2) is 14.0. The van der Waals surface area contributed by atoms with Crippen molar-refractivity contribution in [1.82, 2.24) is 0 Å². The van der Waals surface area contributed by atoms with E-state index in [1.165, 1.54) is 81.0 Å². The molecule has 260 valence electrons. The van der Waals surface area contributed by atoms with Crippen LogP contribution in [-0.2, 0) is 0 Å². The van der Waals surface area contributed by atoms with Crippen LogP contribution in [0, 0.1) is 11.8 Å². The lowest BCUT2D eigenvalue weighted by molar-refractivity contribution is 0.420. The molecule has 1 nitrogen and oxygen atoms in total. The van der Waals surface area contributed by atoms with E-state index in [0.29, 0.717) is 5.92 Å². The van der Waals surface area contributed by atoms with E-state index in [2.05, 4.69) is 199 Å². The van der Waals surface area contributed by atoms with Crippen LogP contribution < -0.4 is 4.90 Å². The van der Waals surface area contributed by atoms with Crippen molar-refractivity contribution in [2.75, 3.05) is 4.90 Å². The number of anilines is 3. The van der Waals surface area contributed by atoms with Crippen LogP contribution in [0.2, 0.25) is 0 Å². The van der Waals surface area contributed by atoms with E-state index in [4.69, 9.17) is 0 Å². The Balaban J connectivity index is 1.02. The summed E-state index contributed by atoms with van der Waals surface area (Å²) in [5.41, 5.74) is 15.1. The number of rotatable bonds is 8. The lowest BCUT2D eigenvalue weighted by Crippen LogP contribution is -2.10. The van der Waals surface area contributed by atoms with Gasteiger partial charge >= 0.3 is 0 Å². The number of fused-ring (bicyclic) bond motifs is 3. The SMILES string of the molecule is c1ccc(-c2ccc(N(c3ccc(-c4ccc(C5CC6CCC5C6)c(-c5ccccc5)c4)cc3)c3ccc(-c4cccc5ccccc45)cc3)cc2)cc1. The molecule has 8 aromatic rings. The Kier molecular flexibility index (Phi) is 8.41. The van der Waals surface area contributed by atoms with Gasteiger partial charge in [0, 0.05) is 17.1 Å². The zero-order valence-corrected chi connectivity index (χ0v) is 30.5. The smallest absolute Gasteiger partial charge is 0.0462 e. The van der Waals surface area contributed by atoms with Crippen molar-refractivity contribution in [2.24, 2.45) is 11.8 Å². The average molecular weight is 694 g/mol. The van der Waals surface area contributed by atoms with E-state index >= 15 is 0 Å². The molecule has 8 aromatic carbocycles. The van der Waals surface area contributed by atoms with Gasteiger partial charge in [-0.2, -0.15) is 0 Å². The summed E-state index contributed by atoms with van der Waals surface area (Å²) in [5, 5.41) is 2.53. The normalized spacial score (nSPS) is 17.5.